The van der Waals surface area contributed by atoms with Gasteiger partial charge in [0.15, 0.2) is 0 Å². The molecule has 0 amide bonds. The van der Waals surface area contributed by atoms with Crippen molar-refractivity contribution in [1.29, 1.82) is 0 Å². The van der Waals surface area contributed by atoms with Gasteiger partial charge in [0.25, 0.3) is 0 Å². The van der Waals surface area contributed by atoms with E-state index < -0.39 is 16.1 Å². The molecular weight excluding hydrogens is 465 g/mol. The fourth-order valence-corrected chi connectivity index (χ4v) is 19.0. The van der Waals surface area contributed by atoms with Crippen molar-refractivity contribution >= 4 is 27.3 Å². The smallest absolute Gasteiger partial charge is 0.0852 e. The predicted octanol–water partition coefficient (Wildman–Crippen LogP) is 11.6. The minimum absolute atomic E-state index is 0.676. The maximum absolute atomic E-state index is 2.83. The standard InChI is InChI=1S/C34H54Si2/c1-25(2)35(26(3)4,27(5)6)23-33(31-19-15-13-16-20-31)34(32-21-17-14-18-22-32)24-36(28(7)8,29(9)10)30(11)12/h13-30H,1-12H3. The molecule has 0 N–H and O–H groups in total. The van der Waals surface area contributed by atoms with E-state index in [1.165, 1.54) is 22.3 Å². The molecule has 0 nitrogen and oxygen atoms in total. The van der Waals surface area contributed by atoms with Gasteiger partial charge < -0.3 is 0 Å². The molecule has 2 aromatic rings. The molecule has 0 unspecified atom stereocenters. The molecule has 0 bridgehead atoms. The van der Waals surface area contributed by atoms with Gasteiger partial charge in [-0.2, -0.15) is 0 Å². The van der Waals surface area contributed by atoms with Gasteiger partial charge in [0, 0.05) is 0 Å². The van der Waals surface area contributed by atoms with E-state index in [9.17, 15) is 0 Å². The summed E-state index contributed by atoms with van der Waals surface area (Å²) >= 11 is 0. The van der Waals surface area contributed by atoms with E-state index >= 15 is 0 Å². The van der Waals surface area contributed by atoms with Gasteiger partial charge in [-0.3, -0.25) is 0 Å². The van der Waals surface area contributed by atoms with E-state index in [-0.39, 0.29) is 0 Å². The van der Waals surface area contributed by atoms with Crippen LogP contribution < -0.4 is 0 Å². The van der Waals surface area contributed by atoms with Crippen LogP contribution >= 0.6 is 0 Å². The highest BCUT2D eigenvalue weighted by atomic mass is 28.3. The van der Waals surface area contributed by atoms with Crippen molar-refractivity contribution < 1.29 is 0 Å². The second-order valence-electron chi connectivity index (χ2n) is 12.8. The van der Waals surface area contributed by atoms with E-state index in [1.807, 2.05) is 0 Å². The van der Waals surface area contributed by atoms with Gasteiger partial charge in [0.05, 0.1) is 16.1 Å². The van der Waals surface area contributed by atoms with Crippen LogP contribution in [-0.4, -0.2) is 16.1 Å². The van der Waals surface area contributed by atoms with Crippen LogP contribution in [-0.2, 0) is 0 Å². The summed E-state index contributed by atoms with van der Waals surface area (Å²) in [7, 11) is -3.63. The third-order valence-electron chi connectivity index (χ3n) is 9.25. The van der Waals surface area contributed by atoms with E-state index in [0.29, 0.717) is 33.2 Å². The predicted molar refractivity (Wildman–Crippen MR) is 171 cm³/mol. The molecule has 0 saturated carbocycles. The molecule has 0 aliphatic rings. The zero-order valence-corrected chi connectivity index (χ0v) is 27.4. The highest BCUT2D eigenvalue weighted by Crippen LogP contribution is 2.49. The molecule has 0 aliphatic heterocycles. The average Bonchev–Trinajstić information content (AvgIpc) is 2.81. The van der Waals surface area contributed by atoms with E-state index in [1.54, 1.807) is 0 Å². The van der Waals surface area contributed by atoms with Gasteiger partial charge in [-0.1, -0.05) is 155 Å². The highest BCUT2D eigenvalue weighted by Gasteiger charge is 2.43. The van der Waals surface area contributed by atoms with Gasteiger partial charge in [-0.25, -0.2) is 0 Å². The van der Waals surface area contributed by atoms with Gasteiger partial charge in [-0.15, -0.1) is 0 Å². The number of allylic oxidation sites excluding steroid dienone is 2. The summed E-state index contributed by atoms with van der Waals surface area (Å²) in [5, 5.41) is 0. The van der Waals surface area contributed by atoms with Crippen LogP contribution in [0.5, 0.6) is 0 Å². The Bertz CT molecular complexity index is 865. The van der Waals surface area contributed by atoms with Crippen LogP contribution in [0.15, 0.2) is 72.1 Å². The van der Waals surface area contributed by atoms with E-state index in [4.69, 9.17) is 0 Å². The summed E-state index contributed by atoms with van der Waals surface area (Å²) in [5.74, 6) is 0. The SMILES string of the molecule is CC(C)[Si](C=C(C(=C[Si](C(C)C)(C(C)C)C(C)C)c1ccccc1)c1ccccc1)(C(C)C)C(C)C. The third-order valence-corrected chi connectivity index (χ3v) is 22.8. The van der Waals surface area contributed by atoms with Crippen molar-refractivity contribution in [3.05, 3.63) is 83.2 Å². The van der Waals surface area contributed by atoms with E-state index in [2.05, 4.69) is 155 Å². The molecule has 0 aromatic heterocycles. The minimum atomic E-state index is -1.81. The highest BCUT2D eigenvalue weighted by molar-refractivity contribution is 6.90. The number of hydrogen-bond donors (Lipinski definition) is 0. The Hall–Kier alpha value is -1.65. The Morgan fingerprint density at radius 2 is 0.639 bits per heavy atom. The average molecular weight is 519 g/mol. The molecule has 0 saturated heterocycles. The fraction of sp³-hybridized carbons (Fsp3) is 0.529. The Balaban J connectivity index is 3.12. The van der Waals surface area contributed by atoms with Crippen molar-refractivity contribution in [3.8, 4) is 0 Å². The van der Waals surface area contributed by atoms with Gasteiger partial charge >= 0.3 is 0 Å². The molecule has 2 aromatic carbocycles. The zero-order chi connectivity index (χ0) is 27.3. The monoisotopic (exact) mass is 518 g/mol. The second-order valence-corrected chi connectivity index (χ2v) is 24.3. The van der Waals surface area contributed by atoms with Crippen LogP contribution in [0.25, 0.3) is 11.1 Å². The largest absolute Gasteiger partial charge is 0.0861 e. The number of rotatable bonds is 11. The van der Waals surface area contributed by atoms with Gasteiger partial charge in [0.1, 0.15) is 0 Å². The maximum atomic E-state index is 2.83. The summed E-state index contributed by atoms with van der Waals surface area (Å²) in [6.45, 7) is 29.7. The van der Waals surface area contributed by atoms with Crippen LogP contribution in [0.2, 0.25) is 33.2 Å². The van der Waals surface area contributed by atoms with Crippen molar-refractivity contribution in [2.24, 2.45) is 0 Å². The topological polar surface area (TPSA) is 0 Å². The summed E-state index contributed by atoms with van der Waals surface area (Å²) in [6.07, 6.45) is 0. The lowest BCUT2D eigenvalue weighted by molar-refractivity contribution is 0.833. The Labute approximate surface area is 226 Å². The number of hydrogen-bond acceptors (Lipinski definition) is 0. The van der Waals surface area contributed by atoms with Crippen molar-refractivity contribution in [2.45, 2.75) is 116 Å². The third kappa shape index (κ3) is 6.08. The second kappa shape index (κ2) is 12.7. The Morgan fingerprint density at radius 1 is 0.417 bits per heavy atom. The number of benzene rings is 2. The molecule has 198 valence electrons. The molecule has 0 heterocycles. The fourth-order valence-electron chi connectivity index (χ4n) is 7.37. The molecular formula is C34H54Si2. The molecule has 0 aliphatic carbocycles. The lowest BCUT2D eigenvalue weighted by Gasteiger charge is -2.43. The lowest BCUT2D eigenvalue weighted by Crippen LogP contribution is -2.44. The summed E-state index contributed by atoms with van der Waals surface area (Å²) in [4.78, 5) is 0. The van der Waals surface area contributed by atoms with Crippen LogP contribution in [0.4, 0.5) is 0 Å². The summed E-state index contributed by atoms with van der Waals surface area (Å²) < 4.78 is 0. The van der Waals surface area contributed by atoms with Crippen molar-refractivity contribution in [1.82, 2.24) is 0 Å². The Kier molecular flexibility index (Phi) is 10.8. The lowest BCUT2D eigenvalue weighted by atomic mass is 9.95. The van der Waals surface area contributed by atoms with Crippen molar-refractivity contribution in [2.75, 3.05) is 0 Å². The molecule has 2 heteroatoms. The first-order valence-electron chi connectivity index (χ1n) is 14.4. The maximum Gasteiger partial charge on any atom is 0.0861 e. The Morgan fingerprint density at radius 3 is 0.833 bits per heavy atom. The van der Waals surface area contributed by atoms with Gasteiger partial charge in [0.2, 0.25) is 0 Å². The first-order chi connectivity index (χ1) is 16.8. The molecule has 0 atom stereocenters. The summed E-state index contributed by atoms with van der Waals surface area (Å²) in [6, 6.07) is 22.5. The minimum Gasteiger partial charge on any atom is -0.0852 e. The zero-order valence-electron chi connectivity index (χ0n) is 25.4. The van der Waals surface area contributed by atoms with E-state index in [0.717, 1.165) is 0 Å². The van der Waals surface area contributed by atoms with Crippen LogP contribution in [0, 0.1) is 0 Å². The summed E-state index contributed by atoms with van der Waals surface area (Å²) in [5.41, 5.74) is 15.4. The normalized spacial score (nSPS) is 14.3. The molecule has 2 rings (SSSR count). The first kappa shape index (κ1) is 30.6. The van der Waals surface area contributed by atoms with Crippen LogP contribution in [0.1, 0.15) is 94.2 Å². The molecule has 0 radical (unpaired) electrons. The molecule has 0 spiro atoms. The molecule has 0 fully saturated rings. The molecule has 36 heavy (non-hydrogen) atoms. The first-order valence-corrected chi connectivity index (χ1v) is 19.0. The van der Waals surface area contributed by atoms with Crippen molar-refractivity contribution in [3.63, 3.8) is 0 Å². The van der Waals surface area contributed by atoms with Crippen LogP contribution in [0.3, 0.4) is 0 Å². The quantitative estimate of drug-likeness (QED) is 0.205. The van der Waals surface area contributed by atoms with Gasteiger partial charge in [-0.05, 0) is 55.5 Å².